The monoisotopic (exact) mass is 687 g/mol. The van der Waals surface area contributed by atoms with Gasteiger partial charge in [-0.3, -0.25) is 24.1 Å². The van der Waals surface area contributed by atoms with E-state index in [0.29, 0.717) is 43.2 Å². The summed E-state index contributed by atoms with van der Waals surface area (Å²) < 4.78 is 6.52. The van der Waals surface area contributed by atoms with Crippen LogP contribution < -0.4 is 20.9 Å². The molecule has 0 bridgehead atoms. The van der Waals surface area contributed by atoms with Crippen LogP contribution >= 0.6 is 11.6 Å². The second kappa shape index (κ2) is 14.6. The number of nitrogens with one attached hydrogen (secondary N) is 3. The van der Waals surface area contributed by atoms with Crippen LogP contribution in [-0.4, -0.2) is 105 Å². The third kappa shape index (κ3) is 7.72. The van der Waals surface area contributed by atoms with Crippen molar-refractivity contribution in [3.8, 4) is 5.69 Å². The van der Waals surface area contributed by atoms with E-state index in [1.54, 1.807) is 47.4 Å². The van der Waals surface area contributed by atoms with Crippen LogP contribution in [0.1, 0.15) is 15.9 Å². The lowest BCUT2D eigenvalue weighted by atomic mass is 10.0. The molecular weight excluding hydrogens is 658 g/mol. The van der Waals surface area contributed by atoms with E-state index in [0.717, 1.165) is 0 Å². The number of amides is 4. The number of nitrogens with zero attached hydrogens (tertiary/aromatic N) is 6. The average molecular weight is 688 g/mol. The summed E-state index contributed by atoms with van der Waals surface area (Å²) in [6, 6.07) is 16.2. The summed E-state index contributed by atoms with van der Waals surface area (Å²) in [7, 11) is 0. The van der Waals surface area contributed by atoms with E-state index >= 15 is 0 Å². The Morgan fingerprint density at radius 2 is 1.73 bits per heavy atom. The van der Waals surface area contributed by atoms with Crippen molar-refractivity contribution < 1.29 is 33.8 Å². The number of tetrazole rings is 1. The van der Waals surface area contributed by atoms with Crippen LogP contribution in [0.5, 0.6) is 0 Å². The van der Waals surface area contributed by atoms with Gasteiger partial charge in [-0.25, -0.2) is 4.79 Å². The van der Waals surface area contributed by atoms with Gasteiger partial charge in [0.2, 0.25) is 11.8 Å². The number of carbonyl (C=O) groups excluding carboxylic acids is 4. The highest BCUT2D eigenvalue weighted by molar-refractivity contribution is 6.40. The number of ether oxygens (including phenoxy) is 1. The SMILES string of the molecule is O=C(Nc1cc(Cl)ccc1-n1cnnn1)C(=O)NC(Cc1ccc(N2CCN(C3COC3)CC2=O)cc1)C(=O)Nc1ccccc1C(=O)O. The number of carbonyl (C=O) groups is 5. The molecular formula is C32H30ClN9O7. The van der Waals surface area contributed by atoms with Gasteiger partial charge in [-0.15, -0.1) is 5.10 Å². The first kappa shape index (κ1) is 33.2. The van der Waals surface area contributed by atoms with Gasteiger partial charge in [-0.1, -0.05) is 35.9 Å². The molecule has 4 N–H and O–H groups in total. The summed E-state index contributed by atoms with van der Waals surface area (Å²) in [5.74, 6) is -4.32. The van der Waals surface area contributed by atoms with Crippen LogP contribution in [0.15, 0.2) is 73.1 Å². The predicted octanol–water partition coefficient (Wildman–Crippen LogP) is 1.37. The Hall–Kier alpha value is -5.71. The molecule has 2 aliphatic rings. The van der Waals surface area contributed by atoms with Crippen LogP contribution in [-0.2, 0) is 30.3 Å². The Balaban J connectivity index is 1.18. The molecule has 1 atom stereocenters. The molecule has 17 heteroatoms. The van der Waals surface area contributed by atoms with Crippen molar-refractivity contribution in [2.75, 3.05) is 48.4 Å². The zero-order valence-corrected chi connectivity index (χ0v) is 26.5. The minimum Gasteiger partial charge on any atom is -0.478 e. The molecule has 16 nitrogen and oxygen atoms in total. The highest BCUT2D eigenvalue weighted by Crippen LogP contribution is 2.25. The molecule has 0 saturated carbocycles. The van der Waals surface area contributed by atoms with Crippen molar-refractivity contribution in [2.45, 2.75) is 18.5 Å². The number of hydrogen-bond acceptors (Lipinski definition) is 10. The van der Waals surface area contributed by atoms with Gasteiger partial charge in [0.25, 0.3) is 0 Å². The van der Waals surface area contributed by atoms with E-state index in [9.17, 15) is 29.1 Å². The lowest BCUT2D eigenvalue weighted by molar-refractivity contribution is -0.137. The number of benzene rings is 3. The first-order valence-electron chi connectivity index (χ1n) is 15.2. The molecule has 1 unspecified atom stereocenters. The highest BCUT2D eigenvalue weighted by atomic mass is 35.5. The van der Waals surface area contributed by atoms with Gasteiger partial charge in [0.05, 0.1) is 48.4 Å². The maximum atomic E-state index is 13.6. The van der Waals surface area contributed by atoms with Crippen LogP contribution in [0, 0.1) is 0 Å². The maximum Gasteiger partial charge on any atom is 0.337 e. The topological polar surface area (TPSA) is 201 Å². The number of carboxylic acid groups (broad SMARTS) is 1. The van der Waals surface area contributed by atoms with Crippen LogP contribution in [0.25, 0.3) is 5.69 Å². The maximum absolute atomic E-state index is 13.6. The second-order valence-electron chi connectivity index (χ2n) is 11.3. The van der Waals surface area contributed by atoms with Crippen molar-refractivity contribution in [3.63, 3.8) is 0 Å². The highest BCUT2D eigenvalue weighted by Gasteiger charge is 2.33. The molecule has 1 aromatic heterocycles. The van der Waals surface area contributed by atoms with Gasteiger partial charge < -0.3 is 30.7 Å². The molecule has 3 heterocycles. The van der Waals surface area contributed by atoms with Gasteiger partial charge in [0, 0.05) is 30.2 Å². The van der Waals surface area contributed by atoms with Crippen LogP contribution in [0.4, 0.5) is 17.1 Å². The lowest BCUT2D eigenvalue weighted by Gasteiger charge is -2.42. The molecule has 2 saturated heterocycles. The van der Waals surface area contributed by atoms with Crippen molar-refractivity contribution in [1.82, 2.24) is 30.4 Å². The number of aromatic carboxylic acids is 1. The number of aromatic nitrogens is 4. The number of piperazine rings is 1. The quantitative estimate of drug-likeness (QED) is 0.176. The minimum atomic E-state index is -1.32. The van der Waals surface area contributed by atoms with Gasteiger partial charge in [0.15, 0.2) is 0 Å². The van der Waals surface area contributed by atoms with E-state index in [-0.39, 0.29) is 46.9 Å². The largest absolute Gasteiger partial charge is 0.478 e. The van der Waals surface area contributed by atoms with E-state index in [2.05, 4.69) is 36.4 Å². The Labute approximate surface area is 284 Å². The summed E-state index contributed by atoms with van der Waals surface area (Å²) in [5, 5.41) is 28.3. The Morgan fingerprint density at radius 3 is 2.41 bits per heavy atom. The number of anilines is 3. The third-order valence-electron chi connectivity index (χ3n) is 8.12. The minimum absolute atomic E-state index is 0.00942. The van der Waals surface area contributed by atoms with Gasteiger partial charge in [0.1, 0.15) is 12.4 Å². The summed E-state index contributed by atoms with van der Waals surface area (Å²) in [5.41, 5.74) is 1.59. The summed E-state index contributed by atoms with van der Waals surface area (Å²) >= 11 is 6.13. The molecule has 6 rings (SSSR count). The third-order valence-corrected chi connectivity index (χ3v) is 8.36. The standard InChI is InChI=1S/C32H30ClN9O7/c33-20-7-10-27(42-18-34-38-39-42)25(14-20)36-30(45)31(46)37-26(29(44)35-24-4-2-1-3-23(24)32(47)48)13-19-5-8-21(9-6-19)41-12-11-40(15-28(41)43)22-16-49-17-22/h1-10,14,18,22,26H,11-13,15-17H2,(H,35,44)(H,36,45)(H,37,46)(H,47,48). The van der Waals surface area contributed by atoms with Gasteiger partial charge in [-0.2, -0.15) is 4.68 Å². The van der Waals surface area contributed by atoms with Crippen LogP contribution in [0.3, 0.4) is 0 Å². The first-order valence-corrected chi connectivity index (χ1v) is 15.5. The number of carboxylic acids is 1. The summed E-state index contributed by atoms with van der Waals surface area (Å²) in [6.07, 6.45) is 1.22. The first-order chi connectivity index (χ1) is 23.7. The second-order valence-corrected chi connectivity index (χ2v) is 11.8. The molecule has 252 valence electrons. The van der Waals surface area contributed by atoms with Gasteiger partial charge >= 0.3 is 17.8 Å². The van der Waals surface area contributed by atoms with Crippen molar-refractivity contribution in [1.29, 1.82) is 0 Å². The number of rotatable bonds is 10. The van der Waals surface area contributed by atoms with E-state index in [4.69, 9.17) is 16.3 Å². The molecule has 2 fully saturated rings. The normalized spacial score (nSPS) is 15.6. The lowest BCUT2D eigenvalue weighted by Crippen LogP contribution is -2.58. The molecule has 0 spiro atoms. The summed E-state index contributed by atoms with van der Waals surface area (Å²) in [4.78, 5) is 68.4. The molecule has 4 aromatic rings. The Kier molecular flexibility index (Phi) is 9.89. The zero-order chi connectivity index (χ0) is 34.5. The van der Waals surface area contributed by atoms with Crippen LogP contribution in [0.2, 0.25) is 5.02 Å². The molecule has 4 amide bonds. The van der Waals surface area contributed by atoms with Crippen molar-refractivity contribution in [2.24, 2.45) is 0 Å². The molecule has 0 aliphatic carbocycles. The fourth-order valence-corrected chi connectivity index (χ4v) is 5.62. The fraction of sp³-hybridized carbons (Fsp3) is 0.250. The van der Waals surface area contributed by atoms with E-state index < -0.39 is 29.7 Å². The molecule has 2 aliphatic heterocycles. The summed E-state index contributed by atoms with van der Waals surface area (Å²) in [6.45, 7) is 2.76. The molecule has 49 heavy (non-hydrogen) atoms. The predicted molar refractivity (Wildman–Crippen MR) is 175 cm³/mol. The number of hydrogen-bond donors (Lipinski definition) is 4. The van der Waals surface area contributed by atoms with E-state index in [1.165, 1.54) is 35.3 Å². The number of para-hydroxylation sites is 1. The van der Waals surface area contributed by atoms with Crippen molar-refractivity contribution >= 4 is 58.3 Å². The zero-order valence-electron chi connectivity index (χ0n) is 25.8. The Bertz CT molecular complexity index is 1880. The molecule has 3 aromatic carbocycles. The average Bonchev–Trinajstić information content (AvgIpc) is 3.59. The van der Waals surface area contributed by atoms with Crippen molar-refractivity contribution in [3.05, 3.63) is 89.2 Å². The van der Waals surface area contributed by atoms with E-state index in [1.807, 2.05) is 0 Å². The number of halogens is 1. The smallest absolute Gasteiger partial charge is 0.337 e. The van der Waals surface area contributed by atoms with Gasteiger partial charge in [-0.05, 0) is 58.5 Å². The molecule has 0 radical (unpaired) electrons. The fourth-order valence-electron chi connectivity index (χ4n) is 5.45. The Morgan fingerprint density at radius 1 is 0.959 bits per heavy atom.